The molecule has 1 N–H and O–H groups in total. The number of hydrogen-bond acceptors (Lipinski definition) is 4. The standard InChI is InChI=1S/C16H21NO4/c1-11(16(18)19)10-17-6-4-12-8-14(20-2)15(21-3)9-13(12)5-7-17/h8-9H,1,4-7,10H2,2-3H3,(H,18,19). The Morgan fingerprint density at radius 2 is 1.67 bits per heavy atom. The Balaban J connectivity index is 2.13. The molecule has 0 atom stereocenters. The highest BCUT2D eigenvalue weighted by molar-refractivity contribution is 5.86. The number of carboxylic acids is 1. The second-order valence-corrected chi connectivity index (χ2v) is 5.16. The van der Waals surface area contributed by atoms with E-state index < -0.39 is 5.97 Å². The van der Waals surface area contributed by atoms with E-state index >= 15 is 0 Å². The van der Waals surface area contributed by atoms with Crippen molar-refractivity contribution in [1.29, 1.82) is 0 Å². The molecule has 0 saturated heterocycles. The van der Waals surface area contributed by atoms with Crippen LogP contribution in [0.15, 0.2) is 24.3 Å². The summed E-state index contributed by atoms with van der Waals surface area (Å²) in [4.78, 5) is 13.0. The molecule has 0 aliphatic carbocycles. The fraction of sp³-hybridized carbons (Fsp3) is 0.438. The number of nitrogens with zero attached hydrogens (tertiary/aromatic N) is 1. The molecule has 0 saturated carbocycles. The van der Waals surface area contributed by atoms with Crippen LogP contribution in [-0.4, -0.2) is 49.8 Å². The Hall–Kier alpha value is -2.01. The number of rotatable bonds is 5. The van der Waals surface area contributed by atoms with Gasteiger partial charge in [-0.3, -0.25) is 4.90 Å². The maximum absolute atomic E-state index is 10.9. The van der Waals surface area contributed by atoms with Crippen molar-refractivity contribution >= 4 is 5.97 Å². The van der Waals surface area contributed by atoms with Crippen LogP contribution >= 0.6 is 0 Å². The fourth-order valence-electron chi connectivity index (χ4n) is 2.59. The highest BCUT2D eigenvalue weighted by Gasteiger charge is 2.18. The first-order valence-corrected chi connectivity index (χ1v) is 6.92. The minimum Gasteiger partial charge on any atom is -0.493 e. The zero-order valence-electron chi connectivity index (χ0n) is 12.5. The van der Waals surface area contributed by atoms with E-state index in [1.807, 2.05) is 12.1 Å². The highest BCUT2D eigenvalue weighted by Crippen LogP contribution is 2.32. The predicted molar refractivity (Wildman–Crippen MR) is 80.2 cm³/mol. The SMILES string of the molecule is C=C(CN1CCc2cc(OC)c(OC)cc2CC1)C(=O)O. The fourth-order valence-corrected chi connectivity index (χ4v) is 2.59. The summed E-state index contributed by atoms with van der Waals surface area (Å²) in [5.74, 6) is 0.541. The van der Waals surface area contributed by atoms with Crippen LogP contribution in [0.1, 0.15) is 11.1 Å². The van der Waals surface area contributed by atoms with Crippen molar-refractivity contribution in [2.45, 2.75) is 12.8 Å². The first-order valence-electron chi connectivity index (χ1n) is 6.92. The number of fused-ring (bicyclic) bond motifs is 1. The smallest absolute Gasteiger partial charge is 0.332 e. The van der Waals surface area contributed by atoms with Crippen LogP contribution in [0.2, 0.25) is 0 Å². The monoisotopic (exact) mass is 291 g/mol. The van der Waals surface area contributed by atoms with Gasteiger partial charge in [-0.25, -0.2) is 4.79 Å². The lowest BCUT2D eigenvalue weighted by atomic mass is 10.0. The molecule has 5 heteroatoms. The van der Waals surface area contributed by atoms with Gasteiger partial charge in [-0.05, 0) is 36.1 Å². The molecule has 0 aromatic heterocycles. The molecule has 0 fully saturated rings. The van der Waals surface area contributed by atoms with Crippen LogP contribution < -0.4 is 9.47 Å². The molecule has 2 rings (SSSR count). The number of carbonyl (C=O) groups is 1. The van der Waals surface area contributed by atoms with Gasteiger partial charge in [-0.1, -0.05) is 6.58 Å². The van der Waals surface area contributed by atoms with Crippen LogP contribution in [0.5, 0.6) is 11.5 Å². The van der Waals surface area contributed by atoms with Gasteiger partial charge in [-0.15, -0.1) is 0 Å². The van der Waals surface area contributed by atoms with Crippen molar-refractivity contribution in [3.8, 4) is 11.5 Å². The van der Waals surface area contributed by atoms with E-state index in [0.29, 0.717) is 6.54 Å². The molecule has 0 bridgehead atoms. The van der Waals surface area contributed by atoms with E-state index in [9.17, 15) is 4.79 Å². The summed E-state index contributed by atoms with van der Waals surface area (Å²) in [7, 11) is 3.26. The molecule has 1 aliphatic heterocycles. The van der Waals surface area contributed by atoms with Crippen molar-refractivity contribution in [2.75, 3.05) is 33.9 Å². The van der Waals surface area contributed by atoms with Gasteiger partial charge in [0.25, 0.3) is 0 Å². The third kappa shape index (κ3) is 3.55. The van der Waals surface area contributed by atoms with Gasteiger partial charge in [0.15, 0.2) is 11.5 Å². The second-order valence-electron chi connectivity index (χ2n) is 5.16. The second kappa shape index (κ2) is 6.63. The quantitative estimate of drug-likeness (QED) is 0.838. The Morgan fingerprint density at radius 1 is 1.19 bits per heavy atom. The third-order valence-electron chi connectivity index (χ3n) is 3.82. The zero-order chi connectivity index (χ0) is 15.4. The van der Waals surface area contributed by atoms with Gasteiger partial charge in [-0.2, -0.15) is 0 Å². The lowest BCUT2D eigenvalue weighted by Gasteiger charge is -2.19. The number of hydrogen-bond donors (Lipinski definition) is 1. The number of methoxy groups -OCH3 is 2. The molecule has 114 valence electrons. The maximum atomic E-state index is 10.9. The Kier molecular flexibility index (Phi) is 4.85. The molecule has 21 heavy (non-hydrogen) atoms. The van der Waals surface area contributed by atoms with Crippen molar-refractivity contribution in [2.24, 2.45) is 0 Å². The van der Waals surface area contributed by atoms with Crippen LogP contribution in [-0.2, 0) is 17.6 Å². The number of benzene rings is 1. The first kappa shape index (κ1) is 15.4. The molecule has 0 radical (unpaired) electrons. The van der Waals surface area contributed by atoms with Crippen molar-refractivity contribution < 1.29 is 19.4 Å². The van der Waals surface area contributed by atoms with Crippen molar-refractivity contribution in [1.82, 2.24) is 4.90 Å². The Labute approximate surface area is 124 Å². The van der Waals surface area contributed by atoms with E-state index in [1.54, 1.807) is 14.2 Å². The van der Waals surface area contributed by atoms with Gasteiger partial charge in [0.05, 0.1) is 14.2 Å². The zero-order valence-corrected chi connectivity index (χ0v) is 12.5. The minimum absolute atomic E-state index is 0.233. The molecule has 5 nitrogen and oxygen atoms in total. The molecule has 1 aliphatic rings. The largest absolute Gasteiger partial charge is 0.493 e. The summed E-state index contributed by atoms with van der Waals surface area (Å²) < 4.78 is 10.7. The Morgan fingerprint density at radius 3 is 2.05 bits per heavy atom. The van der Waals surface area contributed by atoms with Crippen molar-refractivity contribution in [3.05, 3.63) is 35.4 Å². The van der Waals surface area contributed by atoms with Crippen LogP contribution in [0.25, 0.3) is 0 Å². The summed E-state index contributed by atoms with van der Waals surface area (Å²) in [5, 5.41) is 8.93. The molecule has 0 amide bonds. The highest BCUT2D eigenvalue weighted by atomic mass is 16.5. The molecule has 0 spiro atoms. The maximum Gasteiger partial charge on any atom is 0.332 e. The van der Waals surface area contributed by atoms with Gasteiger partial charge < -0.3 is 14.6 Å². The first-order chi connectivity index (χ1) is 10.0. The van der Waals surface area contributed by atoms with Gasteiger partial charge in [0.1, 0.15) is 0 Å². The molecule has 1 aromatic carbocycles. The van der Waals surface area contributed by atoms with Crippen LogP contribution in [0.4, 0.5) is 0 Å². The van der Waals surface area contributed by atoms with Crippen LogP contribution in [0.3, 0.4) is 0 Å². The van der Waals surface area contributed by atoms with E-state index in [-0.39, 0.29) is 5.57 Å². The average molecular weight is 291 g/mol. The van der Waals surface area contributed by atoms with Gasteiger partial charge in [0.2, 0.25) is 0 Å². The number of aliphatic carboxylic acids is 1. The van der Waals surface area contributed by atoms with E-state index in [1.165, 1.54) is 11.1 Å². The van der Waals surface area contributed by atoms with E-state index in [0.717, 1.165) is 37.4 Å². The lowest BCUT2D eigenvalue weighted by molar-refractivity contribution is -0.132. The Bertz CT molecular complexity index is 518. The molecular formula is C16H21NO4. The lowest BCUT2D eigenvalue weighted by Crippen LogP contribution is -2.30. The number of carboxylic acid groups (broad SMARTS) is 1. The summed E-state index contributed by atoms with van der Waals surface area (Å²) in [6.07, 6.45) is 1.73. The predicted octanol–water partition coefficient (Wildman–Crippen LogP) is 1.75. The molecule has 1 heterocycles. The summed E-state index contributed by atoms with van der Waals surface area (Å²) >= 11 is 0. The van der Waals surface area contributed by atoms with Gasteiger partial charge in [0, 0.05) is 25.2 Å². The topological polar surface area (TPSA) is 59.0 Å². The number of ether oxygens (including phenoxy) is 2. The summed E-state index contributed by atoms with van der Waals surface area (Å²) in [6, 6.07) is 4.04. The third-order valence-corrected chi connectivity index (χ3v) is 3.82. The average Bonchev–Trinajstić information content (AvgIpc) is 2.67. The summed E-state index contributed by atoms with van der Waals surface area (Å²) in [6.45, 7) is 5.63. The normalized spacial score (nSPS) is 15.0. The van der Waals surface area contributed by atoms with Crippen LogP contribution in [0, 0.1) is 0 Å². The molecule has 1 aromatic rings. The minimum atomic E-state index is -0.930. The van der Waals surface area contributed by atoms with E-state index in [4.69, 9.17) is 14.6 Å². The van der Waals surface area contributed by atoms with E-state index in [2.05, 4.69) is 11.5 Å². The molecular weight excluding hydrogens is 270 g/mol. The van der Waals surface area contributed by atoms with Crippen molar-refractivity contribution in [3.63, 3.8) is 0 Å². The molecule has 0 unspecified atom stereocenters. The van der Waals surface area contributed by atoms with Gasteiger partial charge >= 0.3 is 5.97 Å². The summed E-state index contributed by atoms with van der Waals surface area (Å²) in [5.41, 5.74) is 2.70.